The molecule has 0 saturated heterocycles. The molecule has 21 heavy (non-hydrogen) atoms. The average molecular weight is 300 g/mol. The Morgan fingerprint density at radius 3 is 2.24 bits per heavy atom. The topological polar surface area (TPSA) is 26.3 Å². The molecule has 0 N–H and O–H groups in total. The zero-order valence-electron chi connectivity index (χ0n) is 12.4. The SMILES string of the molecule is COc1ccccc1[P@](=O)(c1ccccc1)C1CCCC1. The van der Waals surface area contributed by atoms with E-state index in [1.165, 1.54) is 12.8 Å². The lowest BCUT2D eigenvalue weighted by atomic mass is 10.3. The molecule has 1 fully saturated rings. The maximum Gasteiger partial charge on any atom is 0.149 e. The molecule has 1 atom stereocenters. The van der Waals surface area contributed by atoms with E-state index in [1.807, 2.05) is 54.6 Å². The average Bonchev–Trinajstić information content (AvgIpc) is 3.10. The normalized spacial score (nSPS) is 18.3. The standard InChI is InChI=1S/C18H21O2P/c1-20-17-13-7-8-14-18(17)21(19,16-11-5-6-12-16)15-9-3-2-4-10-15/h2-4,7-10,13-14,16H,5-6,11-12H2,1H3/t21-/m0/s1. The highest BCUT2D eigenvalue weighted by Crippen LogP contribution is 2.55. The van der Waals surface area contributed by atoms with E-state index in [2.05, 4.69) is 0 Å². The van der Waals surface area contributed by atoms with E-state index in [0.717, 1.165) is 29.2 Å². The van der Waals surface area contributed by atoms with Gasteiger partial charge in [0.15, 0.2) is 0 Å². The summed E-state index contributed by atoms with van der Waals surface area (Å²) >= 11 is 0. The molecule has 2 nitrogen and oxygen atoms in total. The first-order chi connectivity index (χ1) is 10.3. The zero-order chi connectivity index (χ0) is 14.7. The third kappa shape index (κ3) is 2.53. The number of hydrogen-bond donors (Lipinski definition) is 0. The van der Waals surface area contributed by atoms with Crippen LogP contribution in [0.1, 0.15) is 25.7 Å². The van der Waals surface area contributed by atoms with Crippen LogP contribution >= 0.6 is 7.14 Å². The van der Waals surface area contributed by atoms with Crippen LogP contribution in [0.2, 0.25) is 0 Å². The lowest BCUT2D eigenvalue weighted by Gasteiger charge is -2.26. The molecule has 110 valence electrons. The van der Waals surface area contributed by atoms with E-state index < -0.39 is 7.14 Å². The van der Waals surface area contributed by atoms with Crippen LogP contribution in [0, 0.1) is 0 Å². The first-order valence-electron chi connectivity index (χ1n) is 7.55. The van der Waals surface area contributed by atoms with Gasteiger partial charge in [-0.05, 0) is 25.0 Å². The van der Waals surface area contributed by atoms with Gasteiger partial charge in [-0.2, -0.15) is 0 Å². The summed E-state index contributed by atoms with van der Waals surface area (Å²) in [5, 5.41) is 1.84. The molecule has 0 aromatic heterocycles. The van der Waals surface area contributed by atoms with E-state index >= 15 is 0 Å². The number of ether oxygens (including phenoxy) is 1. The molecule has 2 aromatic rings. The van der Waals surface area contributed by atoms with Crippen LogP contribution in [0.15, 0.2) is 54.6 Å². The highest BCUT2D eigenvalue weighted by atomic mass is 31.2. The van der Waals surface area contributed by atoms with Crippen LogP contribution in [-0.2, 0) is 4.57 Å². The molecule has 0 radical (unpaired) electrons. The summed E-state index contributed by atoms with van der Waals surface area (Å²) in [6.45, 7) is 0. The monoisotopic (exact) mass is 300 g/mol. The summed E-state index contributed by atoms with van der Waals surface area (Å²) in [6, 6.07) is 17.7. The summed E-state index contributed by atoms with van der Waals surface area (Å²) in [5.41, 5.74) is 0.246. The van der Waals surface area contributed by atoms with E-state index in [9.17, 15) is 4.57 Å². The third-order valence-corrected chi connectivity index (χ3v) is 8.12. The van der Waals surface area contributed by atoms with E-state index in [4.69, 9.17) is 4.74 Å². The summed E-state index contributed by atoms with van der Waals surface area (Å²) in [5.74, 6) is 0.747. The Hall–Kier alpha value is -1.53. The minimum atomic E-state index is -2.65. The Morgan fingerprint density at radius 2 is 1.57 bits per heavy atom. The van der Waals surface area contributed by atoms with Gasteiger partial charge in [-0.3, -0.25) is 0 Å². The van der Waals surface area contributed by atoms with Gasteiger partial charge in [0.05, 0.1) is 12.4 Å². The molecule has 0 aliphatic heterocycles. The van der Waals surface area contributed by atoms with Crippen molar-refractivity contribution in [2.24, 2.45) is 0 Å². The molecule has 0 spiro atoms. The number of benzene rings is 2. The number of para-hydroxylation sites is 1. The minimum absolute atomic E-state index is 0.246. The lowest BCUT2D eigenvalue weighted by molar-refractivity contribution is 0.417. The molecule has 3 heteroatoms. The molecule has 0 amide bonds. The molecule has 0 heterocycles. The van der Waals surface area contributed by atoms with Crippen LogP contribution in [0.5, 0.6) is 5.75 Å². The molecule has 1 saturated carbocycles. The van der Waals surface area contributed by atoms with Crippen LogP contribution in [-0.4, -0.2) is 12.8 Å². The number of hydrogen-bond acceptors (Lipinski definition) is 2. The first-order valence-corrected chi connectivity index (χ1v) is 9.33. The zero-order valence-corrected chi connectivity index (χ0v) is 13.3. The van der Waals surface area contributed by atoms with Crippen LogP contribution in [0.3, 0.4) is 0 Å². The van der Waals surface area contributed by atoms with Gasteiger partial charge in [0, 0.05) is 11.0 Å². The van der Waals surface area contributed by atoms with Crippen molar-refractivity contribution in [2.75, 3.05) is 7.11 Å². The highest BCUT2D eigenvalue weighted by molar-refractivity contribution is 7.79. The van der Waals surface area contributed by atoms with Crippen molar-refractivity contribution < 1.29 is 9.30 Å². The van der Waals surface area contributed by atoms with Crippen LogP contribution in [0.4, 0.5) is 0 Å². The van der Waals surface area contributed by atoms with Gasteiger partial charge in [0.1, 0.15) is 12.9 Å². The summed E-state index contributed by atoms with van der Waals surface area (Å²) < 4.78 is 19.6. The van der Waals surface area contributed by atoms with Gasteiger partial charge in [0.25, 0.3) is 0 Å². The fourth-order valence-electron chi connectivity index (χ4n) is 3.37. The van der Waals surface area contributed by atoms with E-state index in [1.54, 1.807) is 7.11 Å². The summed E-state index contributed by atoms with van der Waals surface area (Å²) in [6.07, 6.45) is 4.45. The first kappa shape index (κ1) is 14.4. The van der Waals surface area contributed by atoms with Gasteiger partial charge in [-0.15, -0.1) is 0 Å². The van der Waals surface area contributed by atoms with E-state index in [0.29, 0.717) is 0 Å². The third-order valence-electron chi connectivity index (χ3n) is 4.42. The largest absolute Gasteiger partial charge is 0.496 e. The second-order valence-corrected chi connectivity index (χ2v) is 8.65. The van der Waals surface area contributed by atoms with Gasteiger partial charge in [-0.25, -0.2) is 0 Å². The molecule has 0 bridgehead atoms. The van der Waals surface area contributed by atoms with Crippen molar-refractivity contribution in [3.8, 4) is 5.75 Å². The quantitative estimate of drug-likeness (QED) is 0.799. The van der Waals surface area contributed by atoms with Gasteiger partial charge >= 0.3 is 0 Å². The fraction of sp³-hybridized carbons (Fsp3) is 0.333. The molecule has 3 rings (SSSR count). The van der Waals surface area contributed by atoms with Crippen molar-refractivity contribution in [2.45, 2.75) is 31.3 Å². The molecule has 2 aromatic carbocycles. The van der Waals surface area contributed by atoms with Gasteiger partial charge < -0.3 is 9.30 Å². The molecule has 1 aliphatic rings. The molecule has 0 unspecified atom stereocenters. The van der Waals surface area contributed by atoms with E-state index in [-0.39, 0.29) is 5.66 Å². The predicted octanol–water partition coefficient (Wildman–Crippen LogP) is 3.95. The second-order valence-electron chi connectivity index (χ2n) is 5.60. The van der Waals surface area contributed by atoms with Crippen LogP contribution in [0.25, 0.3) is 0 Å². The number of methoxy groups -OCH3 is 1. The predicted molar refractivity (Wildman–Crippen MR) is 88.6 cm³/mol. The molecule has 1 aliphatic carbocycles. The molecular weight excluding hydrogens is 279 g/mol. The lowest BCUT2D eigenvalue weighted by Crippen LogP contribution is -2.25. The van der Waals surface area contributed by atoms with Gasteiger partial charge in [-0.1, -0.05) is 55.3 Å². The summed E-state index contributed by atoms with van der Waals surface area (Å²) in [7, 11) is -0.995. The Balaban J connectivity index is 2.19. The van der Waals surface area contributed by atoms with Crippen molar-refractivity contribution in [1.82, 2.24) is 0 Å². The van der Waals surface area contributed by atoms with Crippen molar-refractivity contribution in [3.05, 3.63) is 54.6 Å². The van der Waals surface area contributed by atoms with Crippen molar-refractivity contribution in [3.63, 3.8) is 0 Å². The van der Waals surface area contributed by atoms with Crippen LogP contribution < -0.4 is 15.3 Å². The smallest absolute Gasteiger partial charge is 0.149 e. The fourth-order valence-corrected chi connectivity index (χ4v) is 6.97. The molecular formula is C18H21O2P. The number of rotatable bonds is 4. The summed E-state index contributed by atoms with van der Waals surface area (Å²) in [4.78, 5) is 0. The highest BCUT2D eigenvalue weighted by Gasteiger charge is 2.39. The Kier molecular flexibility index (Phi) is 4.17. The van der Waals surface area contributed by atoms with Crippen molar-refractivity contribution in [1.29, 1.82) is 0 Å². The maximum atomic E-state index is 14.1. The second kappa shape index (κ2) is 6.07. The maximum absolute atomic E-state index is 14.1. The minimum Gasteiger partial charge on any atom is -0.496 e. The Morgan fingerprint density at radius 1 is 0.952 bits per heavy atom. The Bertz CT molecular complexity index is 645. The van der Waals surface area contributed by atoms with Gasteiger partial charge in [0.2, 0.25) is 0 Å². The van der Waals surface area contributed by atoms with Crippen molar-refractivity contribution >= 4 is 17.8 Å². The Labute approximate surface area is 126 Å².